The van der Waals surface area contributed by atoms with Crippen LogP contribution in [0.3, 0.4) is 0 Å². The highest BCUT2D eigenvalue weighted by molar-refractivity contribution is 9.10. The van der Waals surface area contributed by atoms with Crippen molar-refractivity contribution in [1.82, 2.24) is 5.43 Å². The maximum absolute atomic E-state index is 12.2. The van der Waals surface area contributed by atoms with Gasteiger partial charge in [0.2, 0.25) is 0 Å². The highest BCUT2D eigenvalue weighted by Gasteiger charge is 2.12. The number of nitrogens with one attached hydrogen (secondary N) is 2. The molecule has 0 atom stereocenters. The van der Waals surface area contributed by atoms with Crippen LogP contribution in [0, 0.1) is 0 Å². The normalized spacial score (nSPS) is 10.8. The van der Waals surface area contributed by atoms with E-state index in [0.29, 0.717) is 21.7 Å². The molecule has 2 amide bonds. The minimum absolute atomic E-state index is 0.0628. The highest BCUT2D eigenvalue weighted by Crippen LogP contribution is 2.24. The fourth-order valence-corrected chi connectivity index (χ4v) is 2.88. The van der Waals surface area contributed by atoms with Crippen molar-refractivity contribution < 1.29 is 23.8 Å². The summed E-state index contributed by atoms with van der Waals surface area (Å²) in [6, 6.07) is 12.2. The van der Waals surface area contributed by atoms with E-state index in [1.165, 1.54) is 31.5 Å². The molecule has 3 rings (SSSR count). The lowest BCUT2D eigenvalue weighted by Crippen LogP contribution is -2.17. The minimum atomic E-state index is -0.499. The fourth-order valence-electron chi connectivity index (χ4n) is 2.40. The quantitative estimate of drug-likeness (QED) is 0.348. The average molecular weight is 493 g/mol. The van der Waals surface area contributed by atoms with Gasteiger partial charge in [0.25, 0.3) is 11.8 Å². The summed E-state index contributed by atoms with van der Waals surface area (Å²) in [4.78, 5) is 24.3. The van der Waals surface area contributed by atoms with Gasteiger partial charge >= 0.3 is 0 Å². The van der Waals surface area contributed by atoms with Gasteiger partial charge in [-0.25, -0.2) is 5.43 Å². The molecule has 0 unspecified atom stereocenters. The summed E-state index contributed by atoms with van der Waals surface area (Å²) in [6.45, 7) is 0. The first-order chi connectivity index (χ1) is 14.4. The Morgan fingerprint density at radius 2 is 1.97 bits per heavy atom. The van der Waals surface area contributed by atoms with E-state index >= 15 is 0 Å². The topological polar surface area (TPSA) is 113 Å². The molecule has 0 bridgehead atoms. The molecule has 3 N–H and O–H groups in total. The number of carbonyl (C=O) groups excluding carboxylic acids is 2. The number of rotatable bonds is 6. The molecule has 10 heteroatoms. The van der Waals surface area contributed by atoms with E-state index in [1.807, 2.05) is 0 Å². The van der Waals surface area contributed by atoms with Crippen LogP contribution >= 0.6 is 27.5 Å². The van der Waals surface area contributed by atoms with Gasteiger partial charge in [0.05, 0.1) is 18.3 Å². The van der Waals surface area contributed by atoms with Gasteiger partial charge in [0, 0.05) is 22.9 Å². The summed E-state index contributed by atoms with van der Waals surface area (Å²) in [7, 11) is 1.47. The molecule has 0 fully saturated rings. The Balaban J connectivity index is 1.67. The molecule has 0 aliphatic rings. The number of aromatic hydroxyl groups is 1. The van der Waals surface area contributed by atoms with Crippen LogP contribution in [0.1, 0.15) is 26.5 Å². The Morgan fingerprint density at radius 1 is 1.17 bits per heavy atom. The summed E-state index contributed by atoms with van der Waals surface area (Å²) in [5.41, 5.74) is 3.66. The van der Waals surface area contributed by atoms with E-state index in [4.69, 9.17) is 20.8 Å². The molecule has 0 aliphatic heterocycles. The smallest absolute Gasteiger partial charge is 0.291 e. The predicted octanol–water partition coefficient (Wildman–Crippen LogP) is 4.43. The van der Waals surface area contributed by atoms with Crippen LogP contribution < -0.4 is 15.5 Å². The number of phenolic OH excluding ortho intramolecular Hbond substituents is 1. The predicted molar refractivity (Wildman–Crippen MR) is 116 cm³/mol. The van der Waals surface area contributed by atoms with E-state index in [0.717, 1.165) is 0 Å². The number of ether oxygens (including phenoxy) is 1. The first-order valence-electron chi connectivity index (χ1n) is 8.44. The molecule has 30 heavy (non-hydrogen) atoms. The van der Waals surface area contributed by atoms with Gasteiger partial charge in [-0.3, -0.25) is 9.59 Å². The van der Waals surface area contributed by atoms with Crippen molar-refractivity contribution in [1.29, 1.82) is 0 Å². The van der Waals surface area contributed by atoms with Crippen molar-refractivity contribution >= 4 is 51.2 Å². The number of benzene rings is 2. The number of hydrazone groups is 1. The molecule has 0 saturated heterocycles. The SMILES string of the molecule is COc1cc(NC(=O)c2ccc(Br)o2)ccc1/C=N/NC(=O)c1ccc(O)c(Cl)c1. The Kier molecular flexibility index (Phi) is 6.76. The zero-order chi connectivity index (χ0) is 21.7. The summed E-state index contributed by atoms with van der Waals surface area (Å²) in [6.07, 6.45) is 1.40. The summed E-state index contributed by atoms with van der Waals surface area (Å²) in [5, 5.41) is 16.1. The largest absolute Gasteiger partial charge is 0.506 e. The lowest BCUT2D eigenvalue weighted by atomic mass is 10.2. The summed E-state index contributed by atoms with van der Waals surface area (Å²) >= 11 is 8.94. The number of phenols is 1. The molecular weight excluding hydrogens is 478 g/mol. The molecule has 0 radical (unpaired) electrons. The zero-order valence-corrected chi connectivity index (χ0v) is 17.8. The maximum Gasteiger partial charge on any atom is 0.291 e. The molecular formula is C20H15BrClN3O5. The molecule has 0 spiro atoms. The second-order valence-electron chi connectivity index (χ2n) is 5.88. The molecule has 8 nitrogen and oxygen atoms in total. The van der Waals surface area contributed by atoms with Crippen molar-refractivity contribution in [3.63, 3.8) is 0 Å². The molecule has 3 aromatic rings. The summed E-state index contributed by atoms with van der Waals surface area (Å²) in [5.74, 6) is -0.444. The third kappa shape index (κ3) is 5.19. The minimum Gasteiger partial charge on any atom is -0.506 e. The number of amides is 2. The van der Waals surface area contributed by atoms with Crippen molar-refractivity contribution in [3.05, 3.63) is 75.1 Å². The fraction of sp³-hybridized carbons (Fsp3) is 0.0500. The monoisotopic (exact) mass is 491 g/mol. The van der Waals surface area contributed by atoms with Crippen molar-refractivity contribution in [2.45, 2.75) is 0 Å². The number of anilines is 1. The third-order valence-corrected chi connectivity index (χ3v) is 4.60. The van der Waals surface area contributed by atoms with Gasteiger partial charge in [-0.1, -0.05) is 11.6 Å². The van der Waals surface area contributed by atoms with Crippen molar-refractivity contribution in [2.24, 2.45) is 5.10 Å². The Bertz CT molecular complexity index is 1130. The third-order valence-electron chi connectivity index (χ3n) is 3.87. The van der Waals surface area contributed by atoms with Crippen LogP contribution in [-0.4, -0.2) is 30.2 Å². The first kappa shape index (κ1) is 21.4. The van der Waals surface area contributed by atoms with Gasteiger partial charge in [0.15, 0.2) is 10.4 Å². The van der Waals surface area contributed by atoms with Gasteiger partial charge in [-0.2, -0.15) is 5.10 Å². The average Bonchev–Trinajstić information content (AvgIpc) is 3.17. The van der Waals surface area contributed by atoms with Crippen molar-refractivity contribution in [3.8, 4) is 11.5 Å². The summed E-state index contributed by atoms with van der Waals surface area (Å²) < 4.78 is 11.0. The van der Waals surface area contributed by atoms with Crippen molar-refractivity contribution in [2.75, 3.05) is 12.4 Å². The lowest BCUT2D eigenvalue weighted by Gasteiger charge is -2.09. The van der Waals surface area contributed by atoms with Gasteiger partial charge in [0.1, 0.15) is 11.5 Å². The number of hydrogen-bond acceptors (Lipinski definition) is 6. The Labute approximate surface area is 184 Å². The number of carbonyl (C=O) groups is 2. The van der Waals surface area contributed by atoms with E-state index in [9.17, 15) is 14.7 Å². The first-order valence-corrected chi connectivity index (χ1v) is 9.61. The standard InChI is InChI=1S/C20H15BrClN3O5/c1-29-17-9-13(24-20(28)16-6-7-18(21)30-16)4-2-12(17)10-23-25-19(27)11-3-5-15(26)14(22)8-11/h2-10,26H,1H3,(H,24,28)(H,25,27)/b23-10+. The van der Waals surface area contributed by atoms with Crippen LogP contribution in [0.25, 0.3) is 0 Å². The number of nitrogens with zero attached hydrogens (tertiary/aromatic N) is 1. The molecule has 1 heterocycles. The highest BCUT2D eigenvalue weighted by atomic mass is 79.9. The number of hydrogen-bond donors (Lipinski definition) is 3. The van der Waals surface area contributed by atoms with E-state index < -0.39 is 11.8 Å². The molecule has 2 aromatic carbocycles. The van der Waals surface area contributed by atoms with Gasteiger partial charge < -0.3 is 19.6 Å². The number of furan rings is 1. The zero-order valence-electron chi connectivity index (χ0n) is 15.5. The van der Waals surface area contributed by atoms with Crippen LogP contribution in [0.4, 0.5) is 5.69 Å². The second kappa shape index (κ2) is 9.47. The van der Waals surface area contributed by atoms with Gasteiger partial charge in [-0.15, -0.1) is 0 Å². The molecule has 1 aromatic heterocycles. The molecule has 154 valence electrons. The van der Waals surface area contributed by atoms with Crippen LogP contribution in [0.5, 0.6) is 11.5 Å². The molecule has 0 saturated carbocycles. The maximum atomic E-state index is 12.2. The van der Waals surface area contributed by atoms with Gasteiger partial charge in [-0.05, 0) is 58.4 Å². The van der Waals surface area contributed by atoms with E-state index in [1.54, 1.807) is 30.3 Å². The molecule has 0 aliphatic carbocycles. The van der Waals surface area contributed by atoms with E-state index in [-0.39, 0.29) is 22.1 Å². The number of methoxy groups -OCH3 is 1. The van der Waals surface area contributed by atoms with E-state index in [2.05, 4.69) is 31.8 Å². The van der Waals surface area contributed by atoms with Crippen LogP contribution in [-0.2, 0) is 0 Å². The Hall–Kier alpha value is -3.30. The van der Waals surface area contributed by atoms with Crippen LogP contribution in [0.2, 0.25) is 5.02 Å². The Morgan fingerprint density at radius 3 is 2.63 bits per heavy atom. The van der Waals surface area contributed by atoms with Crippen LogP contribution in [0.15, 0.2) is 62.7 Å². The lowest BCUT2D eigenvalue weighted by molar-refractivity contribution is 0.0953. The number of halogens is 2. The second-order valence-corrected chi connectivity index (χ2v) is 7.07.